The van der Waals surface area contributed by atoms with Crippen LogP contribution in [0.4, 0.5) is 0 Å². The maximum absolute atomic E-state index is 11.7. The predicted molar refractivity (Wildman–Crippen MR) is 119 cm³/mol. The van der Waals surface area contributed by atoms with Gasteiger partial charge in [-0.05, 0) is 43.4 Å². The monoisotopic (exact) mass is 435 g/mol. The van der Waals surface area contributed by atoms with Crippen LogP contribution in [0, 0.1) is 0 Å². The maximum Gasteiger partial charge on any atom is 0.302 e. The highest BCUT2D eigenvalue weighted by molar-refractivity contribution is 5.74. The molecular formula is C24H37NO6. The second-order valence-electron chi connectivity index (χ2n) is 7.93. The maximum atomic E-state index is 11.7. The van der Waals surface area contributed by atoms with Gasteiger partial charge in [0, 0.05) is 20.8 Å². The molecule has 1 amide bonds. The van der Waals surface area contributed by atoms with E-state index in [2.05, 4.69) is 24.4 Å². The summed E-state index contributed by atoms with van der Waals surface area (Å²) in [4.78, 5) is 34.3. The van der Waals surface area contributed by atoms with Gasteiger partial charge in [-0.2, -0.15) is 0 Å². The van der Waals surface area contributed by atoms with Crippen LogP contribution in [0.1, 0.15) is 71.8 Å². The smallest absolute Gasteiger partial charge is 0.302 e. The zero-order chi connectivity index (χ0) is 23.1. The first-order valence-corrected chi connectivity index (χ1v) is 11.0. The third-order valence-electron chi connectivity index (χ3n) is 4.86. The van der Waals surface area contributed by atoms with Crippen LogP contribution in [-0.2, 0) is 30.3 Å². The van der Waals surface area contributed by atoms with E-state index < -0.39 is 17.5 Å². The number of esters is 2. The van der Waals surface area contributed by atoms with Crippen LogP contribution in [0.2, 0.25) is 0 Å². The van der Waals surface area contributed by atoms with Gasteiger partial charge in [0.15, 0.2) is 0 Å². The number of hydrogen-bond acceptors (Lipinski definition) is 6. The number of carbonyl (C=O) groups is 3. The number of benzene rings is 1. The number of unbranched alkanes of at least 4 members (excludes halogenated alkanes) is 3. The van der Waals surface area contributed by atoms with E-state index >= 15 is 0 Å². The number of carbonyl (C=O) groups excluding carboxylic acids is 3. The standard InChI is InChI=1S/C24H37NO6/c1-5-6-9-16-29-23-13-11-22(12-14-23)10-7-8-15-24(25-19(2)26,17-30-20(3)27)18-31-21(4)28/h11-14H,5-10,15-18H2,1-4H3,(H,25,26). The molecule has 1 aromatic rings. The summed E-state index contributed by atoms with van der Waals surface area (Å²) in [6.45, 7) is 6.83. The summed E-state index contributed by atoms with van der Waals surface area (Å²) in [6.07, 6.45) is 6.44. The number of amides is 1. The molecule has 7 heteroatoms. The van der Waals surface area contributed by atoms with Crippen molar-refractivity contribution in [1.82, 2.24) is 5.32 Å². The third-order valence-corrected chi connectivity index (χ3v) is 4.86. The summed E-state index contributed by atoms with van der Waals surface area (Å²) >= 11 is 0. The summed E-state index contributed by atoms with van der Waals surface area (Å²) in [5, 5.41) is 2.83. The minimum Gasteiger partial charge on any atom is -0.494 e. The highest BCUT2D eigenvalue weighted by Crippen LogP contribution is 2.20. The molecule has 31 heavy (non-hydrogen) atoms. The fourth-order valence-corrected chi connectivity index (χ4v) is 3.26. The van der Waals surface area contributed by atoms with Gasteiger partial charge in [-0.3, -0.25) is 14.4 Å². The number of ether oxygens (including phenoxy) is 3. The first-order valence-electron chi connectivity index (χ1n) is 11.0. The van der Waals surface area contributed by atoms with Gasteiger partial charge in [-0.25, -0.2) is 0 Å². The summed E-state index contributed by atoms with van der Waals surface area (Å²) in [5.41, 5.74) is 0.269. The molecule has 174 valence electrons. The topological polar surface area (TPSA) is 90.9 Å². The van der Waals surface area contributed by atoms with Crippen LogP contribution in [0.25, 0.3) is 0 Å². The Kier molecular flexibility index (Phi) is 12.3. The van der Waals surface area contributed by atoms with Crippen molar-refractivity contribution in [2.75, 3.05) is 19.8 Å². The van der Waals surface area contributed by atoms with E-state index in [1.807, 2.05) is 12.1 Å². The molecule has 0 atom stereocenters. The van der Waals surface area contributed by atoms with Crippen molar-refractivity contribution < 1.29 is 28.6 Å². The Labute approximate surface area is 185 Å². The first kappa shape index (κ1) is 26.5. The Morgan fingerprint density at radius 1 is 0.871 bits per heavy atom. The Bertz CT molecular complexity index is 668. The highest BCUT2D eigenvalue weighted by Gasteiger charge is 2.33. The van der Waals surface area contributed by atoms with Crippen molar-refractivity contribution in [1.29, 1.82) is 0 Å². The van der Waals surface area contributed by atoms with Crippen molar-refractivity contribution in [2.24, 2.45) is 0 Å². The molecule has 0 fully saturated rings. The molecule has 0 radical (unpaired) electrons. The van der Waals surface area contributed by atoms with Gasteiger partial charge < -0.3 is 19.5 Å². The van der Waals surface area contributed by atoms with Crippen molar-refractivity contribution >= 4 is 17.8 Å². The molecule has 1 rings (SSSR count). The number of nitrogens with one attached hydrogen (secondary N) is 1. The van der Waals surface area contributed by atoms with Gasteiger partial charge in [0.1, 0.15) is 24.5 Å². The third kappa shape index (κ3) is 12.0. The van der Waals surface area contributed by atoms with Crippen LogP contribution in [0.3, 0.4) is 0 Å². The van der Waals surface area contributed by atoms with Gasteiger partial charge in [-0.1, -0.05) is 38.3 Å². The number of aryl methyl sites for hydroxylation is 1. The van der Waals surface area contributed by atoms with Gasteiger partial charge in [-0.15, -0.1) is 0 Å². The van der Waals surface area contributed by atoms with Crippen molar-refractivity contribution in [3.05, 3.63) is 29.8 Å². The van der Waals surface area contributed by atoms with Crippen LogP contribution in [0.5, 0.6) is 5.75 Å². The number of hydrogen-bond donors (Lipinski definition) is 1. The lowest BCUT2D eigenvalue weighted by molar-refractivity contribution is -0.150. The van der Waals surface area contributed by atoms with E-state index in [9.17, 15) is 14.4 Å². The molecule has 0 bridgehead atoms. The molecule has 0 aliphatic carbocycles. The lowest BCUT2D eigenvalue weighted by atomic mass is 9.92. The zero-order valence-corrected chi connectivity index (χ0v) is 19.3. The van der Waals surface area contributed by atoms with Gasteiger partial charge in [0.05, 0.1) is 6.61 Å². The summed E-state index contributed by atoms with van der Waals surface area (Å²) < 4.78 is 16.1. The molecule has 0 unspecified atom stereocenters. The van der Waals surface area contributed by atoms with E-state index in [0.717, 1.165) is 38.0 Å². The van der Waals surface area contributed by atoms with Crippen LogP contribution in [0.15, 0.2) is 24.3 Å². The first-order chi connectivity index (χ1) is 14.8. The lowest BCUT2D eigenvalue weighted by Gasteiger charge is -2.33. The SMILES string of the molecule is CCCCCOc1ccc(CCCCC(COC(C)=O)(COC(C)=O)NC(C)=O)cc1. The van der Waals surface area contributed by atoms with Crippen LogP contribution < -0.4 is 10.1 Å². The molecule has 0 heterocycles. The average Bonchev–Trinajstić information content (AvgIpc) is 2.72. The fourth-order valence-electron chi connectivity index (χ4n) is 3.26. The molecule has 0 saturated heterocycles. The lowest BCUT2D eigenvalue weighted by Crippen LogP contribution is -2.55. The molecule has 0 spiro atoms. The predicted octanol–water partition coefficient (Wildman–Crippen LogP) is 3.97. The van der Waals surface area contributed by atoms with Crippen molar-refractivity contribution in [2.45, 2.75) is 78.2 Å². The van der Waals surface area contributed by atoms with Crippen LogP contribution in [-0.4, -0.2) is 43.2 Å². The normalized spacial score (nSPS) is 11.0. The quantitative estimate of drug-likeness (QED) is 0.331. The van der Waals surface area contributed by atoms with E-state index in [1.54, 1.807) is 0 Å². The minimum absolute atomic E-state index is 0.0424. The van der Waals surface area contributed by atoms with Crippen molar-refractivity contribution in [3.8, 4) is 5.75 Å². The average molecular weight is 436 g/mol. The fraction of sp³-hybridized carbons (Fsp3) is 0.625. The van der Waals surface area contributed by atoms with E-state index in [1.165, 1.54) is 39.2 Å². The van der Waals surface area contributed by atoms with E-state index in [0.29, 0.717) is 6.42 Å². The Balaban J connectivity index is 2.59. The molecular weight excluding hydrogens is 398 g/mol. The van der Waals surface area contributed by atoms with E-state index in [-0.39, 0.29) is 19.1 Å². The Morgan fingerprint density at radius 2 is 1.48 bits per heavy atom. The molecule has 0 aliphatic rings. The van der Waals surface area contributed by atoms with Gasteiger partial charge in [0.25, 0.3) is 0 Å². The largest absolute Gasteiger partial charge is 0.494 e. The summed E-state index contributed by atoms with van der Waals surface area (Å²) in [6, 6.07) is 8.11. The van der Waals surface area contributed by atoms with Gasteiger partial charge >= 0.3 is 11.9 Å². The minimum atomic E-state index is -0.931. The van der Waals surface area contributed by atoms with Gasteiger partial charge in [0.2, 0.25) is 5.91 Å². The molecule has 1 N–H and O–H groups in total. The molecule has 0 saturated carbocycles. The van der Waals surface area contributed by atoms with Crippen LogP contribution >= 0.6 is 0 Å². The Morgan fingerprint density at radius 3 is 2.00 bits per heavy atom. The molecule has 0 aromatic heterocycles. The second kappa shape index (κ2) is 14.4. The highest BCUT2D eigenvalue weighted by atomic mass is 16.5. The second-order valence-corrected chi connectivity index (χ2v) is 7.93. The number of rotatable bonds is 15. The van der Waals surface area contributed by atoms with Crippen molar-refractivity contribution in [3.63, 3.8) is 0 Å². The van der Waals surface area contributed by atoms with E-state index in [4.69, 9.17) is 14.2 Å². The zero-order valence-electron chi connectivity index (χ0n) is 19.3. The molecule has 0 aliphatic heterocycles. The molecule has 7 nitrogen and oxygen atoms in total. The summed E-state index contributed by atoms with van der Waals surface area (Å²) in [5.74, 6) is -0.287. The Hall–Kier alpha value is -2.57. The molecule has 1 aromatic carbocycles. The summed E-state index contributed by atoms with van der Waals surface area (Å²) in [7, 11) is 0.